The first-order valence-corrected chi connectivity index (χ1v) is 11.3. The van der Waals surface area contributed by atoms with E-state index in [-0.39, 0.29) is 0 Å². The maximum absolute atomic E-state index is 10.9. The molecule has 1 heterocycles. The van der Waals surface area contributed by atoms with Crippen LogP contribution in [0.25, 0.3) is 28.1 Å². The fraction of sp³-hybridized carbons (Fsp3) is 0.103. The number of aromatic amines is 1. The van der Waals surface area contributed by atoms with Gasteiger partial charge in [0.25, 0.3) is 0 Å². The van der Waals surface area contributed by atoms with Gasteiger partial charge < -0.3 is 10.1 Å². The largest absolute Gasteiger partial charge is 0.478 e. The van der Waals surface area contributed by atoms with E-state index >= 15 is 0 Å². The first-order valence-electron chi connectivity index (χ1n) is 10.9. The van der Waals surface area contributed by atoms with Gasteiger partial charge in [0.15, 0.2) is 0 Å². The molecule has 0 bridgehead atoms. The molecule has 34 heavy (non-hydrogen) atoms. The highest BCUT2D eigenvalue weighted by atomic mass is 35.5. The fourth-order valence-corrected chi connectivity index (χ4v) is 4.56. The summed E-state index contributed by atoms with van der Waals surface area (Å²) in [6.07, 6.45) is 3.36. The van der Waals surface area contributed by atoms with Crippen LogP contribution in [0.4, 0.5) is 0 Å². The topological polar surface area (TPSA) is 76.9 Å². The van der Waals surface area contributed by atoms with Gasteiger partial charge >= 0.3 is 5.97 Å². The summed E-state index contributed by atoms with van der Waals surface area (Å²) < 4.78 is 0. The lowest BCUT2D eigenvalue weighted by molar-refractivity contribution is -0.131. The Balaban J connectivity index is 2.02. The quantitative estimate of drug-likeness (QED) is 0.228. The van der Waals surface area contributed by atoms with Gasteiger partial charge in [0.05, 0.1) is 11.3 Å². The molecule has 0 amide bonds. The number of aliphatic carboxylic acids is 1. The molecule has 4 nitrogen and oxygen atoms in total. The zero-order valence-corrected chi connectivity index (χ0v) is 19.6. The summed E-state index contributed by atoms with van der Waals surface area (Å²) in [5, 5.41) is 20.5. The number of H-pyrrole nitrogens is 1. The van der Waals surface area contributed by atoms with E-state index in [1.165, 1.54) is 0 Å². The zero-order valence-electron chi connectivity index (χ0n) is 18.9. The first-order chi connectivity index (χ1) is 16.4. The van der Waals surface area contributed by atoms with E-state index in [1.54, 1.807) is 6.08 Å². The number of carboxylic acids is 1. The summed E-state index contributed by atoms with van der Waals surface area (Å²) in [6.45, 7) is 4.07. The van der Waals surface area contributed by atoms with Crippen LogP contribution in [0.15, 0.2) is 72.8 Å². The molecular weight excluding hydrogens is 444 g/mol. The van der Waals surface area contributed by atoms with Gasteiger partial charge in [-0.05, 0) is 59.4 Å². The lowest BCUT2D eigenvalue weighted by atomic mass is 9.88. The number of rotatable bonds is 6. The first kappa shape index (κ1) is 23.1. The van der Waals surface area contributed by atoms with Crippen LogP contribution in [-0.2, 0) is 4.79 Å². The number of aromatic nitrogens is 1. The van der Waals surface area contributed by atoms with Crippen LogP contribution >= 0.6 is 11.6 Å². The average molecular weight is 467 g/mol. The Hall–Kier alpha value is -4.07. The maximum atomic E-state index is 10.9. The summed E-state index contributed by atoms with van der Waals surface area (Å²) >= 11 is 6.70. The molecule has 0 spiro atoms. The number of nitriles is 1. The molecule has 0 saturated heterocycles. The molecule has 0 unspecified atom stereocenters. The SMILES string of the molecule is CC/C(=C(/c1ccc(/C=C/C(=O)O)cc1)c1[nH]c2ccccc2c1C#N)c1ccc(C)cc1Cl. The van der Waals surface area contributed by atoms with Gasteiger partial charge in [-0.1, -0.05) is 73.1 Å². The summed E-state index contributed by atoms with van der Waals surface area (Å²) in [5.74, 6) is -0.997. The van der Waals surface area contributed by atoms with E-state index in [0.29, 0.717) is 17.0 Å². The van der Waals surface area contributed by atoms with Crippen molar-refractivity contribution >= 4 is 45.7 Å². The van der Waals surface area contributed by atoms with E-state index in [1.807, 2.05) is 73.7 Å². The van der Waals surface area contributed by atoms with Crippen molar-refractivity contribution in [2.75, 3.05) is 0 Å². The Morgan fingerprint density at radius 3 is 2.50 bits per heavy atom. The van der Waals surface area contributed by atoms with Crippen molar-refractivity contribution < 1.29 is 9.90 Å². The van der Waals surface area contributed by atoms with E-state index in [2.05, 4.69) is 18.0 Å². The molecule has 2 N–H and O–H groups in total. The number of carbonyl (C=O) groups is 1. The number of aryl methyl sites for hydroxylation is 1. The molecular formula is C29H23ClN2O2. The number of carboxylic acid groups (broad SMARTS) is 1. The van der Waals surface area contributed by atoms with Gasteiger partial charge in [0.2, 0.25) is 0 Å². The van der Waals surface area contributed by atoms with Gasteiger partial charge in [-0.3, -0.25) is 0 Å². The van der Waals surface area contributed by atoms with E-state index in [0.717, 1.165) is 56.1 Å². The van der Waals surface area contributed by atoms with E-state index in [4.69, 9.17) is 16.7 Å². The van der Waals surface area contributed by atoms with Gasteiger partial charge in [0.1, 0.15) is 6.07 Å². The molecule has 168 valence electrons. The van der Waals surface area contributed by atoms with E-state index in [9.17, 15) is 10.1 Å². The highest BCUT2D eigenvalue weighted by Crippen LogP contribution is 2.40. The lowest BCUT2D eigenvalue weighted by Crippen LogP contribution is -1.98. The highest BCUT2D eigenvalue weighted by Gasteiger charge is 2.21. The molecule has 1 aromatic heterocycles. The van der Waals surface area contributed by atoms with Gasteiger partial charge in [0, 0.05) is 27.6 Å². The number of halogens is 1. The normalized spacial score (nSPS) is 12.1. The molecule has 4 aromatic rings. The Kier molecular flexibility index (Phi) is 6.67. The Labute approximate surface area is 203 Å². The smallest absolute Gasteiger partial charge is 0.328 e. The number of nitrogens with one attached hydrogen (secondary N) is 1. The number of hydrogen-bond acceptors (Lipinski definition) is 2. The third kappa shape index (κ3) is 4.52. The standard InChI is InChI=1S/C29H23ClN2O2/c1-3-21(22-14-8-18(2)16-25(22)30)28(20-12-9-19(10-13-20)11-15-27(33)34)29-24(17-31)23-6-4-5-7-26(23)32-29/h4-16,32H,3H2,1-2H3,(H,33,34)/b15-11+,28-21+. The zero-order chi connectivity index (χ0) is 24.2. The average Bonchev–Trinajstić information content (AvgIpc) is 3.20. The Bertz CT molecular complexity index is 1490. The predicted octanol–water partition coefficient (Wildman–Crippen LogP) is 7.47. The second-order valence-corrected chi connectivity index (χ2v) is 8.42. The number of fused-ring (bicyclic) bond motifs is 1. The minimum atomic E-state index is -0.997. The van der Waals surface area contributed by atoms with Crippen molar-refractivity contribution in [1.82, 2.24) is 4.98 Å². The molecule has 0 aliphatic carbocycles. The van der Waals surface area contributed by atoms with E-state index < -0.39 is 5.97 Å². The minimum Gasteiger partial charge on any atom is -0.478 e. The van der Waals surface area contributed by atoms with Crippen LogP contribution < -0.4 is 0 Å². The van der Waals surface area contributed by atoms with Crippen molar-refractivity contribution in [3.05, 3.63) is 111 Å². The van der Waals surface area contributed by atoms with Crippen molar-refractivity contribution in [1.29, 1.82) is 5.26 Å². The molecule has 0 atom stereocenters. The molecule has 0 fully saturated rings. The third-order valence-electron chi connectivity index (χ3n) is 5.79. The summed E-state index contributed by atoms with van der Waals surface area (Å²) in [7, 11) is 0. The second-order valence-electron chi connectivity index (χ2n) is 8.02. The maximum Gasteiger partial charge on any atom is 0.328 e. The van der Waals surface area contributed by atoms with Crippen molar-refractivity contribution in [2.24, 2.45) is 0 Å². The summed E-state index contributed by atoms with van der Waals surface area (Å²) in [6, 6.07) is 23.8. The number of allylic oxidation sites excluding steroid dienone is 1. The molecule has 0 saturated carbocycles. The number of nitrogens with zero attached hydrogens (tertiary/aromatic N) is 1. The monoisotopic (exact) mass is 466 g/mol. The van der Waals surface area contributed by atoms with Crippen LogP contribution in [0.5, 0.6) is 0 Å². The molecule has 5 heteroatoms. The number of hydrogen-bond donors (Lipinski definition) is 2. The highest BCUT2D eigenvalue weighted by molar-refractivity contribution is 6.33. The molecule has 0 aliphatic heterocycles. The number of para-hydroxylation sites is 1. The van der Waals surface area contributed by atoms with Crippen LogP contribution in [0, 0.1) is 18.3 Å². The lowest BCUT2D eigenvalue weighted by Gasteiger charge is -2.17. The van der Waals surface area contributed by atoms with Crippen LogP contribution in [0.3, 0.4) is 0 Å². The van der Waals surface area contributed by atoms with Crippen molar-refractivity contribution in [3.8, 4) is 6.07 Å². The van der Waals surface area contributed by atoms with Gasteiger partial charge in [-0.15, -0.1) is 0 Å². The molecule has 4 rings (SSSR count). The second kappa shape index (κ2) is 9.82. The third-order valence-corrected chi connectivity index (χ3v) is 6.10. The van der Waals surface area contributed by atoms with Crippen molar-refractivity contribution in [3.63, 3.8) is 0 Å². The van der Waals surface area contributed by atoms with Crippen molar-refractivity contribution in [2.45, 2.75) is 20.3 Å². The Morgan fingerprint density at radius 1 is 1.12 bits per heavy atom. The van der Waals surface area contributed by atoms with Gasteiger partial charge in [-0.25, -0.2) is 4.79 Å². The molecule has 0 aliphatic rings. The number of benzene rings is 3. The van der Waals surface area contributed by atoms with Gasteiger partial charge in [-0.2, -0.15) is 5.26 Å². The summed E-state index contributed by atoms with van der Waals surface area (Å²) in [4.78, 5) is 14.4. The molecule has 0 radical (unpaired) electrons. The summed E-state index contributed by atoms with van der Waals surface area (Å²) in [5.41, 5.74) is 7.79. The van der Waals surface area contributed by atoms with Crippen LogP contribution in [0.1, 0.15) is 46.9 Å². The predicted molar refractivity (Wildman–Crippen MR) is 139 cm³/mol. The van der Waals surface area contributed by atoms with Crippen LogP contribution in [0.2, 0.25) is 5.02 Å². The van der Waals surface area contributed by atoms with Crippen LogP contribution in [-0.4, -0.2) is 16.1 Å². The molecule has 3 aromatic carbocycles. The minimum absolute atomic E-state index is 0.578. The fourth-order valence-electron chi connectivity index (χ4n) is 4.21. The Morgan fingerprint density at radius 2 is 1.85 bits per heavy atom.